The number of unbranched alkanes of at least 4 members (excludes halogenated alkanes) is 1. The Balaban J connectivity index is 2.99. The number of primary amides is 1. The van der Waals surface area contributed by atoms with Crippen molar-refractivity contribution in [2.75, 3.05) is 13.1 Å². The molecule has 0 heterocycles. The Bertz CT molecular complexity index is 163. The summed E-state index contributed by atoms with van der Waals surface area (Å²) in [6.45, 7) is 1.52. The molecular formula is C9H18N2O3. The lowest BCUT2D eigenvalue weighted by molar-refractivity contribution is -0.137. The lowest BCUT2D eigenvalue weighted by atomic mass is 10.2. The van der Waals surface area contributed by atoms with Gasteiger partial charge in [0.25, 0.3) is 0 Å². The fourth-order valence-corrected chi connectivity index (χ4v) is 1.04. The summed E-state index contributed by atoms with van der Waals surface area (Å²) in [6, 6.07) is 0. The summed E-state index contributed by atoms with van der Waals surface area (Å²) < 4.78 is 0. The molecule has 1 amide bonds. The molecule has 82 valence electrons. The molecule has 14 heavy (non-hydrogen) atoms. The van der Waals surface area contributed by atoms with Gasteiger partial charge in [-0.2, -0.15) is 0 Å². The van der Waals surface area contributed by atoms with Gasteiger partial charge in [-0.3, -0.25) is 9.59 Å². The van der Waals surface area contributed by atoms with Gasteiger partial charge in [-0.05, 0) is 32.4 Å². The molecule has 0 rings (SSSR count). The normalized spacial score (nSPS) is 10.0. The van der Waals surface area contributed by atoms with Crippen molar-refractivity contribution in [3.8, 4) is 0 Å². The summed E-state index contributed by atoms with van der Waals surface area (Å²) in [7, 11) is 0. The highest BCUT2D eigenvalue weighted by Crippen LogP contribution is 1.92. The van der Waals surface area contributed by atoms with Crippen LogP contribution in [0.5, 0.6) is 0 Å². The van der Waals surface area contributed by atoms with E-state index in [9.17, 15) is 9.59 Å². The first-order chi connectivity index (χ1) is 6.63. The van der Waals surface area contributed by atoms with Crippen LogP contribution >= 0.6 is 0 Å². The topological polar surface area (TPSA) is 92.4 Å². The third-order valence-corrected chi connectivity index (χ3v) is 1.77. The highest BCUT2D eigenvalue weighted by atomic mass is 16.4. The van der Waals surface area contributed by atoms with Crippen LogP contribution in [0.15, 0.2) is 0 Å². The minimum Gasteiger partial charge on any atom is -0.481 e. The number of carbonyl (C=O) groups excluding carboxylic acids is 1. The molecule has 0 aliphatic rings. The molecule has 0 radical (unpaired) electrons. The third-order valence-electron chi connectivity index (χ3n) is 1.77. The Morgan fingerprint density at radius 2 is 1.71 bits per heavy atom. The van der Waals surface area contributed by atoms with Crippen LogP contribution in [0.25, 0.3) is 0 Å². The molecule has 0 aromatic carbocycles. The van der Waals surface area contributed by atoms with Crippen LogP contribution in [0.2, 0.25) is 0 Å². The van der Waals surface area contributed by atoms with E-state index in [1.807, 2.05) is 0 Å². The number of aliphatic carboxylic acids is 1. The Hall–Kier alpha value is -1.10. The number of carboxylic acids is 1. The molecule has 0 bridgehead atoms. The van der Waals surface area contributed by atoms with Crippen molar-refractivity contribution >= 4 is 11.9 Å². The van der Waals surface area contributed by atoms with E-state index in [4.69, 9.17) is 10.8 Å². The molecule has 0 aliphatic carbocycles. The number of carbonyl (C=O) groups is 2. The fraction of sp³-hybridized carbons (Fsp3) is 0.778. The molecule has 4 N–H and O–H groups in total. The van der Waals surface area contributed by atoms with E-state index in [0.717, 1.165) is 19.4 Å². The summed E-state index contributed by atoms with van der Waals surface area (Å²) in [6.07, 6.45) is 2.97. The first-order valence-corrected chi connectivity index (χ1v) is 4.83. The van der Waals surface area contributed by atoms with Crippen molar-refractivity contribution in [3.05, 3.63) is 0 Å². The lowest BCUT2D eigenvalue weighted by Gasteiger charge is -2.02. The molecule has 0 aromatic heterocycles. The largest absolute Gasteiger partial charge is 0.481 e. The Labute approximate surface area is 83.7 Å². The third kappa shape index (κ3) is 10.9. The molecular weight excluding hydrogens is 184 g/mol. The summed E-state index contributed by atoms with van der Waals surface area (Å²) in [4.78, 5) is 20.5. The van der Waals surface area contributed by atoms with Crippen molar-refractivity contribution < 1.29 is 14.7 Å². The van der Waals surface area contributed by atoms with Crippen LogP contribution in [0.1, 0.15) is 32.1 Å². The monoisotopic (exact) mass is 202 g/mol. The Morgan fingerprint density at radius 1 is 1.07 bits per heavy atom. The molecule has 0 spiro atoms. The highest BCUT2D eigenvalue weighted by molar-refractivity contribution is 5.73. The minimum absolute atomic E-state index is 0.203. The maximum Gasteiger partial charge on any atom is 0.303 e. The summed E-state index contributed by atoms with van der Waals surface area (Å²) in [5.41, 5.74) is 4.96. The maximum atomic E-state index is 10.3. The number of nitrogens with two attached hydrogens (primary N) is 1. The molecule has 0 saturated carbocycles. The number of rotatable bonds is 9. The first kappa shape index (κ1) is 12.9. The lowest BCUT2D eigenvalue weighted by Crippen LogP contribution is -2.18. The predicted octanol–water partition coefficient (Wildman–Crippen LogP) is 0.0964. The van der Waals surface area contributed by atoms with E-state index in [1.54, 1.807) is 0 Å². The number of amides is 1. The van der Waals surface area contributed by atoms with E-state index >= 15 is 0 Å². The van der Waals surface area contributed by atoms with Crippen molar-refractivity contribution in [2.24, 2.45) is 5.73 Å². The second-order valence-corrected chi connectivity index (χ2v) is 3.17. The quantitative estimate of drug-likeness (QED) is 0.462. The molecule has 0 aromatic rings. The van der Waals surface area contributed by atoms with E-state index < -0.39 is 5.97 Å². The van der Waals surface area contributed by atoms with Gasteiger partial charge in [0, 0.05) is 12.8 Å². The van der Waals surface area contributed by atoms with Gasteiger partial charge in [0.15, 0.2) is 0 Å². The van der Waals surface area contributed by atoms with Gasteiger partial charge in [0.05, 0.1) is 0 Å². The van der Waals surface area contributed by atoms with E-state index in [0.29, 0.717) is 19.4 Å². The second kappa shape index (κ2) is 8.50. The van der Waals surface area contributed by atoms with Crippen molar-refractivity contribution in [1.29, 1.82) is 0 Å². The fourth-order valence-electron chi connectivity index (χ4n) is 1.04. The van der Waals surface area contributed by atoms with E-state index in [-0.39, 0.29) is 12.3 Å². The summed E-state index contributed by atoms with van der Waals surface area (Å²) in [5.74, 6) is -1.03. The summed E-state index contributed by atoms with van der Waals surface area (Å²) in [5, 5.41) is 11.4. The van der Waals surface area contributed by atoms with Crippen LogP contribution in [0.3, 0.4) is 0 Å². The zero-order valence-corrected chi connectivity index (χ0v) is 8.29. The highest BCUT2D eigenvalue weighted by Gasteiger charge is 1.96. The average molecular weight is 202 g/mol. The second-order valence-electron chi connectivity index (χ2n) is 3.17. The van der Waals surface area contributed by atoms with Crippen molar-refractivity contribution in [1.82, 2.24) is 5.32 Å². The van der Waals surface area contributed by atoms with Gasteiger partial charge in [-0.1, -0.05) is 0 Å². The SMILES string of the molecule is NC(=O)CCCCNCCCC(=O)O. The smallest absolute Gasteiger partial charge is 0.303 e. The maximum absolute atomic E-state index is 10.3. The van der Waals surface area contributed by atoms with Crippen LogP contribution in [-0.4, -0.2) is 30.1 Å². The van der Waals surface area contributed by atoms with Gasteiger partial charge in [-0.25, -0.2) is 0 Å². The molecule has 5 heteroatoms. The molecule has 0 saturated heterocycles. The van der Waals surface area contributed by atoms with Gasteiger partial charge < -0.3 is 16.2 Å². The van der Waals surface area contributed by atoms with E-state index in [2.05, 4.69) is 5.32 Å². The number of nitrogens with one attached hydrogen (secondary N) is 1. The molecule has 5 nitrogen and oxygen atoms in total. The Morgan fingerprint density at radius 3 is 2.29 bits per heavy atom. The van der Waals surface area contributed by atoms with Gasteiger partial charge >= 0.3 is 5.97 Å². The van der Waals surface area contributed by atoms with Crippen molar-refractivity contribution in [2.45, 2.75) is 32.1 Å². The first-order valence-electron chi connectivity index (χ1n) is 4.83. The number of carboxylic acid groups (broad SMARTS) is 1. The zero-order chi connectivity index (χ0) is 10.8. The van der Waals surface area contributed by atoms with Crippen LogP contribution in [0.4, 0.5) is 0 Å². The number of hydrogen-bond donors (Lipinski definition) is 3. The minimum atomic E-state index is -0.763. The number of hydrogen-bond acceptors (Lipinski definition) is 3. The zero-order valence-electron chi connectivity index (χ0n) is 8.29. The van der Waals surface area contributed by atoms with Crippen LogP contribution < -0.4 is 11.1 Å². The predicted molar refractivity (Wildman–Crippen MR) is 52.8 cm³/mol. The van der Waals surface area contributed by atoms with Crippen molar-refractivity contribution in [3.63, 3.8) is 0 Å². The summed E-state index contributed by atoms with van der Waals surface area (Å²) >= 11 is 0. The Kier molecular flexibility index (Phi) is 7.83. The molecule has 0 unspecified atom stereocenters. The van der Waals surface area contributed by atoms with Gasteiger partial charge in [0.1, 0.15) is 0 Å². The average Bonchev–Trinajstić information content (AvgIpc) is 2.08. The van der Waals surface area contributed by atoms with Crippen LogP contribution in [0, 0.1) is 0 Å². The van der Waals surface area contributed by atoms with Crippen LogP contribution in [-0.2, 0) is 9.59 Å². The van der Waals surface area contributed by atoms with E-state index in [1.165, 1.54) is 0 Å². The van der Waals surface area contributed by atoms with Gasteiger partial charge in [0.2, 0.25) is 5.91 Å². The van der Waals surface area contributed by atoms with Gasteiger partial charge in [-0.15, -0.1) is 0 Å². The molecule has 0 atom stereocenters. The standard InChI is InChI=1S/C9H18N2O3/c10-8(12)4-1-2-6-11-7-3-5-9(13)14/h11H,1-7H2,(H2,10,12)(H,13,14). The molecule has 0 fully saturated rings. The molecule has 0 aliphatic heterocycles.